The molecule has 0 atom stereocenters. The zero-order valence-corrected chi connectivity index (χ0v) is 16.4. The van der Waals surface area contributed by atoms with Crippen LogP contribution in [0.15, 0.2) is 48.5 Å². The van der Waals surface area contributed by atoms with E-state index in [1.54, 1.807) is 16.9 Å². The van der Waals surface area contributed by atoms with E-state index in [0.29, 0.717) is 12.0 Å². The number of hydrogen-bond donors (Lipinski definition) is 1. The first-order valence-electron chi connectivity index (χ1n) is 8.04. The van der Waals surface area contributed by atoms with Gasteiger partial charge in [0.25, 0.3) is 17.8 Å². The van der Waals surface area contributed by atoms with Crippen molar-refractivity contribution in [1.29, 1.82) is 0 Å². The molecular weight excluding hydrogens is 422 g/mol. The Balaban J connectivity index is 0.000000311. The van der Waals surface area contributed by atoms with Crippen LogP contribution >= 0.6 is 0 Å². The number of non-ortho nitro benzene ring substituents is 2. The highest BCUT2D eigenvalue weighted by molar-refractivity contribution is 7.89. The van der Waals surface area contributed by atoms with Gasteiger partial charge in [0.2, 0.25) is 15.9 Å². The van der Waals surface area contributed by atoms with Crippen molar-refractivity contribution in [2.45, 2.75) is 13.0 Å². The van der Waals surface area contributed by atoms with Crippen molar-refractivity contribution in [3.63, 3.8) is 0 Å². The molecule has 0 aliphatic carbocycles. The van der Waals surface area contributed by atoms with Gasteiger partial charge in [0.1, 0.15) is 6.61 Å². The highest BCUT2D eigenvalue weighted by Gasteiger charge is 2.10. The van der Waals surface area contributed by atoms with Crippen molar-refractivity contribution >= 4 is 33.8 Å². The van der Waals surface area contributed by atoms with Crippen molar-refractivity contribution < 1.29 is 32.6 Å². The van der Waals surface area contributed by atoms with Crippen LogP contribution in [0.4, 0.5) is 11.4 Å². The number of carbonyl (C=O) groups is 2. The molecule has 160 valence electrons. The molecule has 2 rings (SSSR count). The smallest absolute Gasteiger partial charge is 0.293 e. The van der Waals surface area contributed by atoms with Gasteiger partial charge in [-0.3, -0.25) is 34.5 Å². The molecule has 12 nitrogen and oxygen atoms in total. The Bertz CT molecular complexity index is 1000. The Hall–Kier alpha value is -3.87. The number of nitro groups is 2. The lowest BCUT2D eigenvalue weighted by molar-refractivity contribution is -0.385. The lowest BCUT2D eigenvalue weighted by atomic mass is 10.1. The fourth-order valence-corrected chi connectivity index (χ4v) is 2.49. The van der Waals surface area contributed by atoms with Gasteiger partial charge >= 0.3 is 0 Å². The van der Waals surface area contributed by atoms with Crippen LogP contribution in [0, 0.1) is 20.2 Å². The molecule has 0 aliphatic rings. The fourth-order valence-electron chi connectivity index (χ4n) is 2.01. The monoisotopic (exact) mass is 439 g/mol. The van der Waals surface area contributed by atoms with Crippen LogP contribution < -0.4 is 4.72 Å². The summed E-state index contributed by atoms with van der Waals surface area (Å²) in [7, 11) is -3.57. The summed E-state index contributed by atoms with van der Waals surface area (Å²) in [4.78, 5) is 40.6. The lowest BCUT2D eigenvalue weighted by Crippen LogP contribution is -2.30. The quantitative estimate of drug-likeness (QED) is 0.362. The van der Waals surface area contributed by atoms with Crippen molar-refractivity contribution in [3.05, 3.63) is 79.9 Å². The number of amides is 1. The van der Waals surface area contributed by atoms with Gasteiger partial charge in [-0.2, -0.15) is 0 Å². The molecule has 1 amide bonds. The molecule has 0 fully saturated rings. The maximum atomic E-state index is 11.2. The van der Waals surface area contributed by atoms with E-state index in [1.165, 1.54) is 36.4 Å². The zero-order valence-electron chi connectivity index (χ0n) is 15.6. The first-order valence-corrected chi connectivity index (χ1v) is 9.93. The average molecular weight is 439 g/mol. The second kappa shape index (κ2) is 11.2. The van der Waals surface area contributed by atoms with E-state index < -0.39 is 25.8 Å². The van der Waals surface area contributed by atoms with Crippen LogP contribution in [-0.4, -0.2) is 36.9 Å². The van der Waals surface area contributed by atoms with Crippen LogP contribution in [0.25, 0.3) is 0 Å². The molecule has 0 unspecified atom stereocenters. The van der Waals surface area contributed by atoms with Gasteiger partial charge in [-0.05, 0) is 23.3 Å². The van der Waals surface area contributed by atoms with Crippen molar-refractivity contribution in [2.75, 3.05) is 6.26 Å². The molecular formula is C17H17N3O9S. The van der Waals surface area contributed by atoms with Crippen LogP contribution in [0.3, 0.4) is 0 Å². The van der Waals surface area contributed by atoms with E-state index in [2.05, 4.69) is 4.74 Å². The van der Waals surface area contributed by atoms with Crippen molar-refractivity contribution in [2.24, 2.45) is 0 Å². The third-order valence-corrected chi connectivity index (χ3v) is 3.87. The summed E-state index contributed by atoms with van der Waals surface area (Å²) in [6.45, 7) is 0.475. The summed E-state index contributed by atoms with van der Waals surface area (Å²) in [5.74, 6) is -0.679. The first kappa shape index (κ1) is 24.2. The fraction of sp³-hybridized carbons (Fsp3) is 0.176. The van der Waals surface area contributed by atoms with E-state index >= 15 is 0 Å². The number of nitrogens with one attached hydrogen (secondary N) is 1. The Morgan fingerprint density at radius 3 is 1.77 bits per heavy atom. The van der Waals surface area contributed by atoms with Crippen LogP contribution in [0.1, 0.15) is 11.1 Å². The Morgan fingerprint density at radius 2 is 1.40 bits per heavy atom. The minimum Gasteiger partial charge on any atom is -0.463 e. The molecule has 2 aromatic rings. The number of hydrogen-bond acceptors (Lipinski definition) is 9. The van der Waals surface area contributed by atoms with Gasteiger partial charge in [0.15, 0.2) is 0 Å². The molecule has 1 N–H and O–H groups in total. The second-order valence-corrected chi connectivity index (χ2v) is 7.48. The van der Waals surface area contributed by atoms with Gasteiger partial charge in [-0.1, -0.05) is 12.1 Å². The highest BCUT2D eigenvalue weighted by Crippen LogP contribution is 2.13. The average Bonchev–Trinajstić information content (AvgIpc) is 2.66. The summed E-state index contributed by atoms with van der Waals surface area (Å²) in [5, 5.41) is 20.6. The van der Waals surface area contributed by atoms with Gasteiger partial charge in [0.05, 0.1) is 22.5 Å². The molecule has 13 heteroatoms. The third kappa shape index (κ3) is 9.36. The van der Waals surface area contributed by atoms with Gasteiger partial charge in [-0.25, -0.2) is 8.42 Å². The predicted octanol–water partition coefficient (Wildman–Crippen LogP) is 1.48. The standard InChI is InChI=1S/C9H10N2O5S.C8H7NO4/c1-17(15,16)10-9(12)6-7-2-4-8(5-3-7)11(13)14;10-6-13-5-7-1-3-8(4-2-7)9(11)12/h2-5H,6H2,1H3,(H,10,12);1-4,6H,5H2. The molecule has 0 aromatic heterocycles. The number of sulfonamides is 1. The summed E-state index contributed by atoms with van der Waals surface area (Å²) in [6.07, 6.45) is 0.728. The Labute approximate surface area is 170 Å². The van der Waals surface area contributed by atoms with Gasteiger partial charge < -0.3 is 4.74 Å². The topological polar surface area (TPSA) is 176 Å². The Morgan fingerprint density at radius 1 is 0.967 bits per heavy atom. The summed E-state index contributed by atoms with van der Waals surface area (Å²) in [5.41, 5.74) is 1.15. The van der Waals surface area contributed by atoms with Crippen LogP contribution in [0.2, 0.25) is 0 Å². The SMILES string of the molecule is CS(=O)(=O)NC(=O)Cc1ccc([N+](=O)[O-])cc1.O=COCc1ccc([N+](=O)[O-])cc1. The molecule has 0 saturated heterocycles. The third-order valence-electron chi connectivity index (χ3n) is 3.28. The Kier molecular flexibility index (Phi) is 9.03. The number of nitrogens with zero attached hydrogens (tertiary/aromatic N) is 2. The second-order valence-electron chi connectivity index (χ2n) is 5.73. The largest absolute Gasteiger partial charge is 0.463 e. The lowest BCUT2D eigenvalue weighted by Gasteiger charge is -2.02. The predicted molar refractivity (Wildman–Crippen MR) is 104 cm³/mol. The zero-order chi connectivity index (χ0) is 22.7. The number of rotatable bonds is 8. The maximum Gasteiger partial charge on any atom is 0.293 e. The number of benzene rings is 2. The van der Waals surface area contributed by atoms with Crippen LogP contribution in [-0.2, 0) is 37.4 Å². The molecule has 0 heterocycles. The van der Waals surface area contributed by atoms with E-state index in [9.17, 15) is 38.2 Å². The van der Waals surface area contributed by atoms with E-state index in [4.69, 9.17) is 0 Å². The van der Waals surface area contributed by atoms with Gasteiger partial charge in [-0.15, -0.1) is 0 Å². The summed E-state index contributed by atoms with van der Waals surface area (Å²) >= 11 is 0. The molecule has 0 aliphatic heterocycles. The van der Waals surface area contributed by atoms with Crippen molar-refractivity contribution in [1.82, 2.24) is 4.72 Å². The molecule has 0 bridgehead atoms. The molecule has 0 spiro atoms. The number of nitro benzene ring substituents is 2. The first-order chi connectivity index (χ1) is 14.0. The van der Waals surface area contributed by atoms with Crippen LogP contribution in [0.5, 0.6) is 0 Å². The van der Waals surface area contributed by atoms with Crippen molar-refractivity contribution in [3.8, 4) is 0 Å². The van der Waals surface area contributed by atoms with E-state index in [0.717, 1.165) is 11.8 Å². The summed E-state index contributed by atoms with van der Waals surface area (Å²) < 4.78 is 27.8. The maximum absolute atomic E-state index is 11.2. The van der Waals surface area contributed by atoms with E-state index in [-0.39, 0.29) is 24.4 Å². The van der Waals surface area contributed by atoms with Gasteiger partial charge in [0, 0.05) is 24.3 Å². The molecule has 30 heavy (non-hydrogen) atoms. The van der Waals surface area contributed by atoms with E-state index in [1.807, 2.05) is 0 Å². The molecule has 0 radical (unpaired) electrons. The highest BCUT2D eigenvalue weighted by atomic mass is 32.2. The normalized spacial score (nSPS) is 10.2. The number of ether oxygens (including phenoxy) is 1. The minimum absolute atomic E-state index is 0.0230. The molecule has 2 aromatic carbocycles. The molecule has 0 saturated carbocycles. The summed E-state index contributed by atoms with van der Waals surface area (Å²) in [6, 6.07) is 11.1. The number of carbonyl (C=O) groups excluding carboxylic acids is 2. The minimum atomic E-state index is -3.57.